The number of hydrogen-bond donors (Lipinski definition) is 1. The van der Waals surface area contributed by atoms with E-state index in [2.05, 4.69) is 5.32 Å². The minimum atomic E-state index is -0.643. The predicted molar refractivity (Wildman–Crippen MR) is 129 cm³/mol. The van der Waals surface area contributed by atoms with E-state index in [1.165, 1.54) is 0 Å². The van der Waals surface area contributed by atoms with Crippen LogP contribution in [0.5, 0.6) is 0 Å². The Morgan fingerprint density at radius 1 is 0.935 bits per heavy atom. The van der Waals surface area contributed by atoms with Gasteiger partial charge in [-0.05, 0) is 55.2 Å². The van der Waals surface area contributed by atoms with Gasteiger partial charge in [-0.15, -0.1) is 0 Å². The van der Waals surface area contributed by atoms with Crippen LogP contribution in [0.15, 0.2) is 36.4 Å². The van der Waals surface area contributed by atoms with Crippen LogP contribution in [0, 0.1) is 0 Å². The normalized spacial score (nSPS) is 12.9. The number of amides is 2. The van der Waals surface area contributed by atoms with Crippen molar-refractivity contribution in [2.75, 3.05) is 0 Å². The molecule has 0 unspecified atom stereocenters. The SMILES string of the molecule is CC[C@@H](C)NC(=O)[C@@H](CC)N(Cc1ccc(Cl)cc1Cl)C(=O)Cc1ccc(Cl)c(Cl)c1. The van der Waals surface area contributed by atoms with Gasteiger partial charge in [0.1, 0.15) is 6.04 Å². The number of benzene rings is 2. The Morgan fingerprint density at radius 3 is 2.23 bits per heavy atom. The number of carbonyl (C=O) groups excluding carboxylic acids is 2. The summed E-state index contributed by atoms with van der Waals surface area (Å²) in [5.41, 5.74) is 1.42. The molecule has 0 heterocycles. The summed E-state index contributed by atoms with van der Waals surface area (Å²) in [5.74, 6) is -0.403. The molecular weight excluding hydrogens is 478 g/mol. The van der Waals surface area contributed by atoms with Crippen molar-refractivity contribution < 1.29 is 9.59 Å². The molecule has 0 radical (unpaired) electrons. The number of halogens is 4. The molecule has 0 aliphatic rings. The van der Waals surface area contributed by atoms with Crippen molar-refractivity contribution in [1.82, 2.24) is 10.2 Å². The van der Waals surface area contributed by atoms with Gasteiger partial charge in [0.05, 0.1) is 16.5 Å². The predicted octanol–water partition coefficient (Wildman–Crippen LogP) is 6.56. The van der Waals surface area contributed by atoms with Crippen molar-refractivity contribution in [2.45, 2.75) is 58.7 Å². The van der Waals surface area contributed by atoms with Gasteiger partial charge in [-0.1, -0.05) is 72.4 Å². The smallest absolute Gasteiger partial charge is 0.243 e. The first-order chi connectivity index (χ1) is 14.7. The summed E-state index contributed by atoms with van der Waals surface area (Å²) < 4.78 is 0. The molecule has 2 amide bonds. The molecule has 2 atom stereocenters. The zero-order valence-corrected chi connectivity index (χ0v) is 20.7. The molecule has 8 heteroatoms. The molecule has 0 saturated heterocycles. The number of carbonyl (C=O) groups is 2. The minimum Gasteiger partial charge on any atom is -0.352 e. The van der Waals surface area contributed by atoms with E-state index >= 15 is 0 Å². The average molecular weight is 504 g/mol. The van der Waals surface area contributed by atoms with E-state index < -0.39 is 6.04 Å². The van der Waals surface area contributed by atoms with Crippen LogP contribution in [0.1, 0.15) is 44.7 Å². The van der Waals surface area contributed by atoms with Crippen LogP contribution in [0.25, 0.3) is 0 Å². The highest BCUT2D eigenvalue weighted by Crippen LogP contribution is 2.26. The number of nitrogens with zero attached hydrogens (tertiary/aromatic N) is 1. The second-order valence-electron chi connectivity index (χ2n) is 7.42. The van der Waals surface area contributed by atoms with Gasteiger partial charge in [-0.2, -0.15) is 0 Å². The second-order valence-corrected chi connectivity index (χ2v) is 9.08. The standard InChI is InChI=1S/C23H26Cl4N2O2/c1-4-14(3)28-23(31)21(5-2)29(13-16-7-8-17(24)12-19(16)26)22(30)11-15-6-9-18(25)20(27)10-15/h6-10,12,14,21H,4-5,11,13H2,1-3H3,(H,28,31)/t14-,21-/m1/s1. The van der Waals surface area contributed by atoms with E-state index in [0.717, 1.165) is 6.42 Å². The van der Waals surface area contributed by atoms with Crippen LogP contribution < -0.4 is 5.32 Å². The quantitative estimate of drug-likeness (QED) is 0.421. The number of nitrogens with one attached hydrogen (secondary N) is 1. The van der Waals surface area contributed by atoms with Crippen LogP contribution in [0.4, 0.5) is 0 Å². The lowest BCUT2D eigenvalue weighted by molar-refractivity contribution is -0.141. The van der Waals surface area contributed by atoms with Crippen molar-refractivity contribution in [3.8, 4) is 0 Å². The molecule has 0 saturated carbocycles. The van der Waals surface area contributed by atoms with Gasteiger partial charge in [-0.25, -0.2) is 0 Å². The van der Waals surface area contributed by atoms with Crippen molar-refractivity contribution in [3.05, 3.63) is 67.6 Å². The highest BCUT2D eigenvalue weighted by atomic mass is 35.5. The van der Waals surface area contributed by atoms with Gasteiger partial charge < -0.3 is 10.2 Å². The van der Waals surface area contributed by atoms with Gasteiger partial charge in [0.25, 0.3) is 0 Å². The second kappa shape index (κ2) is 12.0. The van der Waals surface area contributed by atoms with Crippen LogP contribution in [-0.4, -0.2) is 28.8 Å². The van der Waals surface area contributed by atoms with E-state index in [1.807, 2.05) is 20.8 Å². The topological polar surface area (TPSA) is 49.4 Å². The van der Waals surface area contributed by atoms with E-state index in [4.69, 9.17) is 46.4 Å². The Balaban J connectivity index is 2.35. The molecule has 2 rings (SSSR count). The number of hydrogen-bond acceptors (Lipinski definition) is 2. The van der Waals surface area contributed by atoms with Crippen molar-refractivity contribution in [1.29, 1.82) is 0 Å². The zero-order chi connectivity index (χ0) is 23.1. The first-order valence-corrected chi connectivity index (χ1v) is 11.6. The summed E-state index contributed by atoms with van der Waals surface area (Å²) in [6.07, 6.45) is 1.33. The molecule has 0 aliphatic carbocycles. The Bertz CT molecular complexity index is 936. The largest absolute Gasteiger partial charge is 0.352 e. The highest BCUT2D eigenvalue weighted by molar-refractivity contribution is 6.42. The van der Waals surface area contributed by atoms with Gasteiger partial charge in [-0.3, -0.25) is 9.59 Å². The molecule has 0 spiro atoms. The molecule has 168 valence electrons. The Labute approximate surface area is 203 Å². The zero-order valence-electron chi connectivity index (χ0n) is 17.7. The molecule has 4 nitrogen and oxygen atoms in total. The molecule has 2 aromatic carbocycles. The molecule has 31 heavy (non-hydrogen) atoms. The van der Waals surface area contributed by atoms with Gasteiger partial charge in [0.2, 0.25) is 11.8 Å². The summed E-state index contributed by atoms with van der Waals surface area (Å²) >= 11 is 24.5. The fraction of sp³-hybridized carbons (Fsp3) is 0.391. The van der Waals surface area contributed by atoms with E-state index in [9.17, 15) is 9.59 Å². The lowest BCUT2D eigenvalue weighted by Gasteiger charge is -2.32. The average Bonchev–Trinajstić information content (AvgIpc) is 2.71. The van der Waals surface area contributed by atoms with Crippen molar-refractivity contribution in [3.63, 3.8) is 0 Å². The maximum absolute atomic E-state index is 13.4. The maximum Gasteiger partial charge on any atom is 0.243 e. The Morgan fingerprint density at radius 2 is 1.65 bits per heavy atom. The van der Waals surface area contributed by atoms with Crippen molar-refractivity contribution in [2.24, 2.45) is 0 Å². The van der Waals surface area contributed by atoms with Crippen molar-refractivity contribution >= 4 is 58.2 Å². The minimum absolute atomic E-state index is 0.00712. The summed E-state index contributed by atoms with van der Waals surface area (Å²) in [5, 5.41) is 4.72. The fourth-order valence-corrected chi connectivity index (χ4v) is 3.91. The monoisotopic (exact) mass is 502 g/mol. The molecule has 0 fully saturated rings. The van der Waals surface area contributed by atoms with E-state index in [1.54, 1.807) is 41.3 Å². The molecule has 0 aliphatic heterocycles. The lowest BCUT2D eigenvalue weighted by Crippen LogP contribution is -2.51. The molecule has 1 N–H and O–H groups in total. The molecule has 0 aromatic heterocycles. The summed E-state index contributed by atoms with van der Waals surface area (Å²) in [7, 11) is 0. The van der Waals surface area contributed by atoms with Crippen LogP contribution >= 0.6 is 46.4 Å². The van der Waals surface area contributed by atoms with E-state index in [-0.39, 0.29) is 30.8 Å². The van der Waals surface area contributed by atoms with Gasteiger partial charge >= 0.3 is 0 Å². The van der Waals surface area contributed by atoms with Crippen LogP contribution in [0.2, 0.25) is 20.1 Å². The Kier molecular flexibility index (Phi) is 9.95. The maximum atomic E-state index is 13.4. The third kappa shape index (κ3) is 7.28. The molecule has 2 aromatic rings. The third-order valence-corrected chi connectivity index (χ3v) is 6.41. The van der Waals surface area contributed by atoms with Gasteiger partial charge in [0.15, 0.2) is 0 Å². The highest BCUT2D eigenvalue weighted by Gasteiger charge is 2.29. The number of rotatable bonds is 9. The Hall–Kier alpha value is -1.46. The van der Waals surface area contributed by atoms with Crippen LogP contribution in [-0.2, 0) is 22.6 Å². The third-order valence-electron chi connectivity index (χ3n) is 5.08. The van der Waals surface area contributed by atoms with E-state index in [0.29, 0.717) is 37.6 Å². The molecular formula is C23H26Cl4N2O2. The summed E-state index contributed by atoms with van der Waals surface area (Å²) in [4.78, 5) is 27.9. The molecule has 0 bridgehead atoms. The summed E-state index contributed by atoms with van der Waals surface area (Å²) in [6, 6.07) is 9.53. The van der Waals surface area contributed by atoms with Crippen LogP contribution in [0.3, 0.4) is 0 Å². The first kappa shape index (κ1) is 25.8. The van der Waals surface area contributed by atoms with Gasteiger partial charge in [0, 0.05) is 22.6 Å². The summed E-state index contributed by atoms with van der Waals surface area (Å²) in [6.45, 7) is 5.99. The first-order valence-electron chi connectivity index (χ1n) is 10.1. The lowest BCUT2D eigenvalue weighted by atomic mass is 10.1. The fourth-order valence-electron chi connectivity index (χ4n) is 3.12.